The zero-order valence-electron chi connectivity index (χ0n) is 14.3. The van der Waals surface area contributed by atoms with Gasteiger partial charge in [-0.3, -0.25) is 0 Å². The number of methoxy groups -OCH3 is 1. The number of carbonyl (C=O) groups excluding carboxylic acids is 1. The van der Waals surface area contributed by atoms with E-state index in [4.69, 9.17) is 9.47 Å². The normalized spacial score (nSPS) is 17.6. The number of rotatable bonds is 3. The maximum atomic E-state index is 12.0. The van der Waals surface area contributed by atoms with Crippen LogP contribution in [0.4, 0.5) is 5.69 Å². The molecule has 0 saturated carbocycles. The maximum Gasteiger partial charge on any atom is 0.358 e. The lowest BCUT2D eigenvalue weighted by atomic mass is 9.99. The molecule has 1 unspecified atom stereocenters. The van der Waals surface area contributed by atoms with Crippen LogP contribution in [-0.4, -0.2) is 37.8 Å². The molecule has 0 aliphatic carbocycles. The van der Waals surface area contributed by atoms with E-state index in [2.05, 4.69) is 41.9 Å². The number of anilines is 1. The van der Waals surface area contributed by atoms with Gasteiger partial charge in [0.15, 0.2) is 5.69 Å². The van der Waals surface area contributed by atoms with Crippen molar-refractivity contribution in [2.45, 2.75) is 20.0 Å². The summed E-state index contributed by atoms with van der Waals surface area (Å²) in [6.45, 7) is 6.20. The van der Waals surface area contributed by atoms with Crippen molar-refractivity contribution in [2.75, 3.05) is 31.7 Å². The first-order valence-corrected chi connectivity index (χ1v) is 8.07. The zero-order chi connectivity index (χ0) is 17.1. The topological polar surface area (TPSA) is 51.7 Å². The molecule has 2 aromatic rings. The predicted molar refractivity (Wildman–Crippen MR) is 92.4 cm³/mol. The number of benzene rings is 1. The van der Waals surface area contributed by atoms with E-state index in [1.54, 1.807) is 6.20 Å². The first kappa shape index (κ1) is 16.5. The number of pyridine rings is 1. The SMILES string of the molecule is COC(=O)c1ncccc1N1CCOC(c2ccc(C)cc2C)C1. The molecule has 1 atom stereocenters. The number of morpholine rings is 1. The number of ether oxygens (including phenoxy) is 2. The standard InChI is InChI=1S/C19H22N2O3/c1-13-6-7-15(14(2)11-13)17-12-21(9-10-24-17)16-5-4-8-20-18(16)19(22)23-3/h4-8,11,17H,9-10,12H2,1-3H3. The van der Waals surface area contributed by atoms with Crippen LogP contribution in [0.5, 0.6) is 0 Å². The number of hydrogen-bond donors (Lipinski definition) is 0. The lowest BCUT2D eigenvalue weighted by molar-refractivity contribution is 0.0390. The largest absolute Gasteiger partial charge is 0.464 e. The minimum atomic E-state index is -0.417. The third-order valence-electron chi connectivity index (χ3n) is 4.34. The average Bonchev–Trinajstić information content (AvgIpc) is 2.61. The number of aryl methyl sites for hydroxylation is 2. The van der Waals surface area contributed by atoms with Crippen molar-refractivity contribution in [1.82, 2.24) is 4.98 Å². The van der Waals surface area contributed by atoms with Crippen molar-refractivity contribution < 1.29 is 14.3 Å². The number of carbonyl (C=O) groups is 1. The molecule has 0 amide bonds. The molecule has 0 spiro atoms. The van der Waals surface area contributed by atoms with Crippen molar-refractivity contribution in [3.63, 3.8) is 0 Å². The highest BCUT2D eigenvalue weighted by Gasteiger charge is 2.26. The van der Waals surface area contributed by atoms with E-state index >= 15 is 0 Å². The van der Waals surface area contributed by atoms with E-state index in [9.17, 15) is 4.79 Å². The smallest absolute Gasteiger partial charge is 0.358 e. The summed E-state index contributed by atoms with van der Waals surface area (Å²) < 4.78 is 10.8. The molecule has 0 radical (unpaired) electrons. The lowest BCUT2D eigenvalue weighted by Gasteiger charge is -2.35. The molecule has 1 fully saturated rings. The second-order valence-corrected chi connectivity index (χ2v) is 6.03. The highest BCUT2D eigenvalue weighted by molar-refractivity contribution is 5.93. The summed E-state index contributed by atoms with van der Waals surface area (Å²) in [5.41, 5.74) is 4.79. The fourth-order valence-corrected chi connectivity index (χ4v) is 3.15. The molecule has 1 aromatic carbocycles. The molecule has 0 bridgehead atoms. The summed E-state index contributed by atoms with van der Waals surface area (Å²) >= 11 is 0. The molecule has 1 saturated heterocycles. The molecular weight excluding hydrogens is 304 g/mol. The Hall–Kier alpha value is -2.40. The monoisotopic (exact) mass is 326 g/mol. The highest BCUT2D eigenvalue weighted by atomic mass is 16.5. The van der Waals surface area contributed by atoms with Crippen LogP contribution in [-0.2, 0) is 9.47 Å². The van der Waals surface area contributed by atoms with E-state index < -0.39 is 5.97 Å². The van der Waals surface area contributed by atoms with Crippen LogP contribution < -0.4 is 4.90 Å². The molecule has 1 aliphatic heterocycles. The van der Waals surface area contributed by atoms with Gasteiger partial charge in [-0.25, -0.2) is 9.78 Å². The second-order valence-electron chi connectivity index (χ2n) is 6.03. The second kappa shape index (κ2) is 7.01. The van der Waals surface area contributed by atoms with Crippen molar-refractivity contribution >= 4 is 11.7 Å². The Labute approximate surface area is 142 Å². The molecule has 1 aromatic heterocycles. The van der Waals surface area contributed by atoms with E-state index in [0.717, 1.165) is 12.2 Å². The molecule has 0 N–H and O–H groups in total. The van der Waals surface area contributed by atoms with Gasteiger partial charge in [0.2, 0.25) is 0 Å². The van der Waals surface area contributed by atoms with Crippen molar-refractivity contribution in [3.05, 3.63) is 58.9 Å². The van der Waals surface area contributed by atoms with Crippen LogP contribution >= 0.6 is 0 Å². The Morgan fingerprint density at radius 1 is 1.33 bits per heavy atom. The molecule has 24 heavy (non-hydrogen) atoms. The van der Waals surface area contributed by atoms with Gasteiger partial charge >= 0.3 is 5.97 Å². The van der Waals surface area contributed by atoms with Gasteiger partial charge < -0.3 is 14.4 Å². The summed E-state index contributed by atoms with van der Waals surface area (Å²) in [6.07, 6.45) is 1.59. The fraction of sp³-hybridized carbons (Fsp3) is 0.368. The summed E-state index contributed by atoms with van der Waals surface area (Å²) in [7, 11) is 1.37. The van der Waals surface area contributed by atoms with E-state index in [-0.39, 0.29) is 6.10 Å². The van der Waals surface area contributed by atoms with E-state index in [0.29, 0.717) is 18.8 Å². The molecule has 2 heterocycles. The van der Waals surface area contributed by atoms with Gasteiger partial charge in [-0.1, -0.05) is 23.8 Å². The van der Waals surface area contributed by atoms with E-state index in [1.165, 1.54) is 23.8 Å². The fourth-order valence-electron chi connectivity index (χ4n) is 3.15. The predicted octanol–water partition coefficient (Wildman–Crippen LogP) is 3.06. The van der Waals surface area contributed by atoms with Gasteiger partial charge in [0, 0.05) is 19.3 Å². The quantitative estimate of drug-likeness (QED) is 0.812. The summed E-state index contributed by atoms with van der Waals surface area (Å²) in [5, 5.41) is 0. The number of aromatic nitrogens is 1. The van der Waals surface area contributed by atoms with Crippen LogP contribution in [0.3, 0.4) is 0 Å². The van der Waals surface area contributed by atoms with E-state index in [1.807, 2.05) is 12.1 Å². The van der Waals surface area contributed by atoms with Crippen LogP contribution in [0.2, 0.25) is 0 Å². The van der Waals surface area contributed by atoms with Gasteiger partial charge in [0.1, 0.15) is 6.10 Å². The Morgan fingerprint density at radius 2 is 2.17 bits per heavy atom. The van der Waals surface area contributed by atoms with Gasteiger partial charge in [-0.15, -0.1) is 0 Å². The molecule has 3 rings (SSSR count). The minimum Gasteiger partial charge on any atom is -0.464 e. The Balaban J connectivity index is 1.88. The van der Waals surface area contributed by atoms with Gasteiger partial charge in [-0.2, -0.15) is 0 Å². The number of nitrogens with zero attached hydrogens (tertiary/aromatic N) is 2. The van der Waals surface area contributed by atoms with Crippen LogP contribution in [0.25, 0.3) is 0 Å². The van der Waals surface area contributed by atoms with Gasteiger partial charge in [0.25, 0.3) is 0 Å². The Morgan fingerprint density at radius 3 is 2.92 bits per heavy atom. The average molecular weight is 326 g/mol. The summed E-state index contributed by atoms with van der Waals surface area (Å²) in [5.74, 6) is -0.417. The molecule has 5 heteroatoms. The summed E-state index contributed by atoms with van der Waals surface area (Å²) in [6, 6.07) is 10.1. The molecule has 1 aliphatic rings. The van der Waals surface area contributed by atoms with Crippen LogP contribution in [0.1, 0.15) is 33.3 Å². The lowest BCUT2D eigenvalue weighted by Crippen LogP contribution is -2.39. The third kappa shape index (κ3) is 3.26. The maximum absolute atomic E-state index is 12.0. The number of esters is 1. The van der Waals surface area contributed by atoms with Crippen molar-refractivity contribution in [3.8, 4) is 0 Å². The Bertz CT molecular complexity index is 745. The van der Waals surface area contributed by atoms with Crippen LogP contribution in [0, 0.1) is 13.8 Å². The number of hydrogen-bond acceptors (Lipinski definition) is 5. The van der Waals surface area contributed by atoms with Crippen molar-refractivity contribution in [1.29, 1.82) is 0 Å². The highest BCUT2D eigenvalue weighted by Crippen LogP contribution is 2.29. The third-order valence-corrected chi connectivity index (χ3v) is 4.34. The van der Waals surface area contributed by atoms with Crippen LogP contribution in [0.15, 0.2) is 36.5 Å². The minimum absolute atomic E-state index is 0.0231. The first-order chi connectivity index (χ1) is 11.6. The summed E-state index contributed by atoms with van der Waals surface area (Å²) in [4.78, 5) is 18.3. The molecule has 5 nitrogen and oxygen atoms in total. The van der Waals surface area contributed by atoms with Gasteiger partial charge in [-0.05, 0) is 37.1 Å². The van der Waals surface area contributed by atoms with Gasteiger partial charge in [0.05, 0.1) is 19.4 Å². The first-order valence-electron chi connectivity index (χ1n) is 8.07. The van der Waals surface area contributed by atoms with Crippen molar-refractivity contribution in [2.24, 2.45) is 0 Å². The molecular formula is C19H22N2O3. The zero-order valence-corrected chi connectivity index (χ0v) is 14.3. The Kier molecular flexibility index (Phi) is 4.81. The molecule has 126 valence electrons.